The maximum absolute atomic E-state index is 12.1. The Kier molecular flexibility index (Phi) is 2.33. The molecule has 0 radical (unpaired) electrons. The zero-order valence-electron chi connectivity index (χ0n) is 9.69. The van der Waals surface area contributed by atoms with Crippen molar-refractivity contribution >= 4 is 17.8 Å². The lowest BCUT2D eigenvalue weighted by Crippen LogP contribution is -2.51. The molecule has 1 fully saturated rings. The number of fused-ring (bicyclic) bond motifs is 1. The summed E-state index contributed by atoms with van der Waals surface area (Å²) in [5, 5.41) is 11.4. The van der Waals surface area contributed by atoms with Gasteiger partial charge in [0.05, 0.1) is 0 Å². The van der Waals surface area contributed by atoms with E-state index in [1.807, 2.05) is 0 Å². The summed E-state index contributed by atoms with van der Waals surface area (Å²) in [7, 11) is 0. The van der Waals surface area contributed by atoms with Gasteiger partial charge in [0.25, 0.3) is 5.91 Å². The molecule has 1 aliphatic carbocycles. The highest BCUT2D eigenvalue weighted by Gasteiger charge is 2.46. The maximum Gasteiger partial charge on any atom is 0.372 e. The number of hydrogen-bond acceptors (Lipinski definition) is 4. The highest BCUT2D eigenvalue weighted by molar-refractivity contribution is 6.00. The quantitative estimate of drug-likeness (QED) is 0.797. The molecule has 0 bridgehead atoms. The summed E-state index contributed by atoms with van der Waals surface area (Å²) in [4.78, 5) is 22.9. The van der Waals surface area contributed by atoms with Crippen LogP contribution in [0.3, 0.4) is 0 Å². The number of nitrogens with one attached hydrogen (secondary N) is 1. The number of hydrogen-bond donors (Lipinski definition) is 2. The molecular formula is C12H13NO5. The second-order valence-electron chi connectivity index (χ2n) is 4.72. The fourth-order valence-corrected chi connectivity index (χ4v) is 2.57. The molecule has 2 aliphatic rings. The van der Waals surface area contributed by atoms with Crippen molar-refractivity contribution in [3.8, 4) is 5.75 Å². The predicted molar refractivity (Wildman–Crippen MR) is 60.7 cm³/mol. The van der Waals surface area contributed by atoms with E-state index in [4.69, 9.17) is 14.3 Å². The van der Waals surface area contributed by atoms with Gasteiger partial charge in [-0.05, 0) is 25.7 Å². The van der Waals surface area contributed by atoms with Gasteiger partial charge >= 0.3 is 5.97 Å². The lowest BCUT2D eigenvalue weighted by molar-refractivity contribution is -0.135. The largest absolute Gasteiger partial charge is 0.475 e. The molecule has 96 valence electrons. The van der Waals surface area contributed by atoms with E-state index in [1.165, 1.54) is 6.07 Å². The van der Waals surface area contributed by atoms with Crippen molar-refractivity contribution in [2.24, 2.45) is 0 Å². The van der Waals surface area contributed by atoms with Crippen molar-refractivity contribution < 1.29 is 23.8 Å². The van der Waals surface area contributed by atoms with Crippen LogP contribution in [0, 0.1) is 0 Å². The molecule has 3 rings (SSSR count). The summed E-state index contributed by atoms with van der Waals surface area (Å²) in [6, 6.07) is 1.31. The molecule has 0 atom stereocenters. The number of carboxylic acid groups (broad SMARTS) is 1. The number of rotatable bonds is 1. The molecule has 2 heterocycles. The van der Waals surface area contributed by atoms with Crippen molar-refractivity contribution in [3.05, 3.63) is 11.8 Å². The van der Waals surface area contributed by atoms with E-state index in [0.29, 0.717) is 18.6 Å². The minimum absolute atomic E-state index is 0.0913. The van der Waals surface area contributed by atoms with Crippen LogP contribution in [0.15, 0.2) is 10.5 Å². The number of ether oxygens (including phenoxy) is 1. The minimum Gasteiger partial charge on any atom is -0.475 e. The average molecular weight is 251 g/mol. The van der Waals surface area contributed by atoms with Gasteiger partial charge in [-0.2, -0.15) is 0 Å². The molecule has 1 aromatic rings. The van der Waals surface area contributed by atoms with Gasteiger partial charge in [0.15, 0.2) is 11.4 Å². The first-order chi connectivity index (χ1) is 8.61. The lowest BCUT2D eigenvalue weighted by atomic mass is 9.83. The predicted octanol–water partition coefficient (Wildman–Crippen LogP) is 2.01. The van der Waals surface area contributed by atoms with E-state index < -0.39 is 11.6 Å². The van der Waals surface area contributed by atoms with Gasteiger partial charge in [-0.25, -0.2) is 4.79 Å². The van der Waals surface area contributed by atoms with Crippen LogP contribution in [-0.2, 0) is 4.79 Å². The molecule has 1 aliphatic heterocycles. The first-order valence-corrected chi connectivity index (χ1v) is 5.98. The van der Waals surface area contributed by atoms with Gasteiger partial charge in [0.2, 0.25) is 11.6 Å². The molecule has 6 nitrogen and oxygen atoms in total. The summed E-state index contributed by atoms with van der Waals surface area (Å²) < 4.78 is 10.7. The van der Waals surface area contributed by atoms with Crippen LogP contribution in [0.4, 0.5) is 5.88 Å². The maximum atomic E-state index is 12.1. The van der Waals surface area contributed by atoms with Crippen LogP contribution < -0.4 is 10.1 Å². The molecule has 1 amide bonds. The van der Waals surface area contributed by atoms with E-state index >= 15 is 0 Å². The van der Waals surface area contributed by atoms with Crippen molar-refractivity contribution in [2.75, 3.05) is 5.32 Å². The van der Waals surface area contributed by atoms with E-state index in [2.05, 4.69) is 5.32 Å². The van der Waals surface area contributed by atoms with Crippen LogP contribution in [0.5, 0.6) is 5.75 Å². The van der Waals surface area contributed by atoms with Gasteiger partial charge in [0.1, 0.15) is 0 Å². The van der Waals surface area contributed by atoms with Gasteiger partial charge < -0.3 is 14.3 Å². The molecular weight excluding hydrogens is 238 g/mol. The van der Waals surface area contributed by atoms with Crippen molar-refractivity contribution in [1.82, 2.24) is 0 Å². The molecule has 1 saturated carbocycles. The van der Waals surface area contributed by atoms with E-state index in [9.17, 15) is 9.59 Å². The van der Waals surface area contributed by atoms with E-state index in [0.717, 1.165) is 19.3 Å². The second-order valence-corrected chi connectivity index (χ2v) is 4.72. The van der Waals surface area contributed by atoms with Crippen molar-refractivity contribution in [3.63, 3.8) is 0 Å². The first kappa shape index (κ1) is 11.1. The normalized spacial score (nSPS) is 21.0. The van der Waals surface area contributed by atoms with Gasteiger partial charge in [-0.1, -0.05) is 6.42 Å². The highest BCUT2D eigenvalue weighted by Crippen LogP contribution is 2.42. The average Bonchev–Trinajstić information content (AvgIpc) is 2.74. The number of carboxylic acids is 1. The van der Waals surface area contributed by atoms with E-state index in [-0.39, 0.29) is 17.6 Å². The fraction of sp³-hybridized carbons (Fsp3) is 0.500. The Labute approximate surface area is 103 Å². The Morgan fingerprint density at radius 2 is 2.06 bits per heavy atom. The number of anilines is 1. The zero-order chi connectivity index (χ0) is 12.8. The summed E-state index contributed by atoms with van der Waals surface area (Å²) in [6.45, 7) is 0. The van der Waals surface area contributed by atoms with Crippen LogP contribution in [-0.4, -0.2) is 22.6 Å². The molecule has 2 N–H and O–H groups in total. The SMILES string of the molecule is O=C(O)c1cc2c(o1)NC(=O)C1(CCCCC1)O2. The summed E-state index contributed by atoms with van der Waals surface area (Å²) in [6.07, 6.45) is 4.29. The van der Waals surface area contributed by atoms with E-state index in [1.54, 1.807) is 0 Å². The molecule has 1 spiro atoms. The number of furan rings is 1. The monoisotopic (exact) mass is 251 g/mol. The van der Waals surface area contributed by atoms with Gasteiger partial charge in [-0.15, -0.1) is 0 Å². The van der Waals surface area contributed by atoms with Gasteiger partial charge in [0, 0.05) is 6.07 Å². The standard InChI is InChI=1S/C12H13NO5/c14-10(15)8-6-7-9(17-8)13-11(16)12(18-7)4-2-1-3-5-12/h6H,1-5H2,(H,13,16)(H,14,15). The highest BCUT2D eigenvalue weighted by atomic mass is 16.5. The third-order valence-corrected chi connectivity index (χ3v) is 3.52. The van der Waals surface area contributed by atoms with Crippen LogP contribution >= 0.6 is 0 Å². The lowest BCUT2D eigenvalue weighted by Gasteiger charge is -2.38. The Bertz CT molecular complexity index is 513. The smallest absolute Gasteiger partial charge is 0.372 e. The summed E-state index contributed by atoms with van der Waals surface area (Å²) >= 11 is 0. The number of amides is 1. The Morgan fingerprint density at radius 1 is 1.33 bits per heavy atom. The summed E-state index contributed by atoms with van der Waals surface area (Å²) in [5.41, 5.74) is -0.842. The number of carbonyl (C=O) groups is 2. The van der Waals surface area contributed by atoms with Gasteiger partial charge in [-0.3, -0.25) is 10.1 Å². The molecule has 6 heteroatoms. The Balaban J connectivity index is 1.95. The minimum atomic E-state index is -1.18. The molecule has 0 saturated heterocycles. The topological polar surface area (TPSA) is 88.8 Å². The Morgan fingerprint density at radius 3 is 2.72 bits per heavy atom. The fourth-order valence-electron chi connectivity index (χ4n) is 2.57. The molecule has 1 aromatic heterocycles. The van der Waals surface area contributed by atoms with Crippen LogP contribution in [0.1, 0.15) is 42.7 Å². The summed E-state index contributed by atoms with van der Waals surface area (Å²) in [5.74, 6) is -1.24. The van der Waals surface area contributed by atoms with Crippen LogP contribution in [0.2, 0.25) is 0 Å². The third kappa shape index (κ3) is 1.56. The number of carbonyl (C=O) groups excluding carboxylic acids is 1. The Hall–Kier alpha value is -1.98. The van der Waals surface area contributed by atoms with Crippen LogP contribution in [0.25, 0.3) is 0 Å². The second kappa shape index (κ2) is 3.76. The third-order valence-electron chi connectivity index (χ3n) is 3.52. The zero-order valence-corrected chi connectivity index (χ0v) is 9.69. The first-order valence-electron chi connectivity index (χ1n) is 5.98. The molecule has 0 unspecified atom stereocenters. The molecule has 18 heavy (non-hydrogen) atoms. The molecule has 0 aromatic carbocycles. The van der Waals surface area contributed by atoms with Crippen molar-refractivity contribution in [2.45, 2.75) is 37.7 Å². The number of aromatic carboxylic acids is 1. The van der Waals surface area contributed by atoms with Crippen molar-refractivity contribution in [1.29, 1.82) is 0 Å².